The maximum Gasteiger partial charge on any atom is 0.279 e. The fourth-order valence-corrected chi connectivity index (χ4v) is 4.12. The van der Waals surface area contributed by atoms with Gasteiger partial charge >= 0.3 is 0 Å². The summed E-state index contributed by atoms with van der Waals surface area (Å²) in [4.78, 5) is 19.4. The molecule has 27 heavy (non-hydrogen) atoms. The molecule has 3 heterocycles. The molecule has 0 spiro atoms. The normalized spacial score (nSPS) is 17.3. The van der Waals surface area contributed by atoms with E-state index in [0.717, 1.165) is 11.9 Å². The fraction of sp³-hybridized carbons (Fsp3) is 0.263. The lowest BCUT2D eigenvalue weighted by Gasteiger charge is -2.27. The standard InChI is InChI=1S/C19H19N3O4S/c1-27(24,25)19-20-17(16-9-5-6-11-21(16)19)18(23)22(15-10-12-26-13-15)14-7-3-2-4-8-14/h2-9,11,15H,10,12-13H2,1H3. The first-order chi connectivity index (χ1) is 13.0. The van der Waals surface area contributed by atoms with Crippen molar-refractivity contribution in [1.29, 1.82) is 0 Å². The first-order valence-corrected chi connectivity index (χ1v) is 10.5. The summed E-state index contributed by atoms with van der Waals surface area (Å²) in [6.45, 7) is 1.02. The van der Waals surface area contributed by atoms with Gasteiger partial charge in [-0.2, -0.15) is 0 Å². The third-order valence-corrected chi connectivity index (χ3v) is 5.53. The number of hydrogen-bond acceptors (Lipinski definition) is 5. The van der Waals surface area contributed by atoms with Crippen LogP contribution in [0.25, 0.3) is 5.52 Å². The molecule has 140 valence electrons. The van der Waals surface area contributed by atoms with Gasteiger partial charge in [0.1, 0.15) is 0 Å². The van der Waals surface area contributed by atoms with E-state index in [0.29, 0.717) is 25.2 Å². The number of rotatable bonds is 4. The highest BCUT2D eigenvalue weighted by Crippen LogP contribution is 2.26. The van der Waals surface area contributed by atoms with Crippen molar-refractivity contribution in [2.45, 2.75) is 17.6 Å². The van der Waals surface area contributed by atoms with Gasteiger partial charge in [0.05, 0.1) is 18.2 Å². The van der Waals surface area contributed by atoms with E-state index in [2.05, 4.69) is 4.98 Å². The fourth-order valence-electron chi connectivity index (χ4n) is 3.35. The predicted molar refractivity (Wildman–Crippen MR) is 101 cm³/mol. The number of aromatic nitrogens is 2. The number of fused-ring (bicyclic) bond motifs is 1. The summed E-state index contributed by atoms with van der Waals surface area (Å²) in [6.07, 6.45) is 3.40. The topological polar surface area (TPSA) is 81.0 Å². The van der Waals surface area contributed by atoms with Crippen LogP contribution in [0.4, 0.5) is 5.69 Å². The molecule has 0 aliphatic carbocycles. The van der Waals surface area contributed by atoms with Gasteiger partial charge in [0, 0.05) is 24.7 Å². The number of carbonyl (C=O) groups is 1. The second-order valence-electron chi connectivity index (χ2n) is 6.50. The van der Waals surface area contributed by atoms with Crippen LogP contribution in [-0.2, 0) is 14.6 Å². The first-order valence-electron chi connectivity index (χ1n) is 8.60. The van der Waals surface area contributed by atoms with Gasteiger partial charge in [0.2, 0.25) is 15.0 Å². The lowest BCUT2D eigenvalue weighted by Crippen LogP contribution is -2.41. The summed E-state index contributed by atoms with van der Waals surface area (Å²) in [7, 11) is -3.60. The highest BCUT2D eigenvalue weighted by atomic mass is 32.2. The van der Waals surface area contributed by atoms with Crippen LogP contribution in [0.3, 0.4) is 0 Å². The smallest absolute Gasteiger partial charge is 0.279 e. The molecule has 1 aromatic carbocycles. The molecule has 1 aliphatic heterocycles. The van der Waals surface area contributed by atoms with E-state index >= 15 is 0 Å². The highest BCUT2D eigenvalue weighted by Gasteiger charge is 2.33. The molecule has 1 saturated heterocycles. The van der Waals surface area contributed by atoms with Crippen molar-refractivity contribution in [3.05, 3.63) is 60.4 Å². The molecular formula is C19H19N3O4S. The molecular weight excluding hydrogens is 366 g/mol. The molecule has 0 N–H and O–H groups in total. The Kier molecular flexibility index (Phi) is 4.45. The summed E-state index contributed by atoms with van der Waals surface area (Å²) in [5, 5.41) is -0.142. The number of ether oxygens (including phenoxy) is 1. The van der Waals surface area contributed by atoms with Crippen LogP contribution in [0.5, 0.6) is 0 Å². The Morgan fingerprint density at radius 2 is 1.93 bits per heavy atom. The third kappa shape index (κ3) is 3.22. The van der Waals surface area contributed by atoms with E-state index in [1.54, 1.807) is 29.3 Å². The lowest BCUT2D eigenvalue weighted by atomic mass is 10.1. The quantitative estimate of drug-likeness (QED) is 0.688. The number of amides is 1. The van der Waals surface area contributed by atoms with Crippen molar-refractivity contribution in [3.63, 3.8) is 0 Å². The van der Waals surface area contributed by atoms with Crippen LogP contribution < -0.4 is 4.90 Å². The average molecular weight is 385 g/mol. The van der Waals surface area contributed by atoms with Crippen molar-refractivity contribution < 1.29 is 17.9 Å². The van der Waals surface area contributed by atoms with Gasteiger partial charge in [-0.1, -0.05) is 24.3 Å². The van der Waals surface area contributed by atoms with Crippen LogP contribution in [0, 0.1) is 0 Å². The monoisotopic (exact) mass is 385 g/mol. The highest BCUT2D eigenvalue weighted by molar-refractivity contribution is 7.90. The molecule has 1 fully saturated rings. The Balaban J connectivity index is 1.87. The zero-order valence-electron chi connectivity index (χ0n) is 14.8. The Morgan fingerprint density at radius 1 is 1.19 bits per heavy atom. The molecule has 2 aromatic heterocycles. The molecule has 1 unspecified atom stereocenters. The second kappa shape index (κ2) is 6.79. The number of imidazole rings is 1. The van der Waals surface area contributed by atoms with Crippen LogP contribution >= 0.6 is 0 Å². The van der Waals surface area contributed by atoms with E-state index < -0.39 is 9.84 Å². The van der Waals surface area contributed by atoms with Crippen LogP contribution in [0.1, 0.15) is 16.9 Å². The maximum atomic E-state index is 13.5. The summed E-state index contributed by atoms with van der Waals surface area (Å²) in [5.74, 6) is -0.338. The van der Waals surface area contributed by atoms with Crippen molar-refractivity contribution in [2.24, 2.45) is 0 Å². The SMILES string of the molecule is CS(=O)(=O)c1nc(C(=O)N(c2ccccc2)C2CCOC2)c2ccccn12. The number of anilines is 1. The molecule has 1 aliphatic rings. The minimum atomic E-state index is -3.60. The van der Waals surface area contributed by atoms with E-state index in [1.807, 2.05) is 30.3 Å². The van der Waals surface area contributed by atoms with E-state index in [1.165, 1.54) is 4.40 Å². The second-order valence-corrected chi connectivity index (χ2v) is 8.41. The molecule has 1 atom stereocenters. The molecule has 0 radical (unpaired) electrons. The summed E-state index contributed by atoms with van der Waals surface area (Å²) < 4.78 is 31.2. The zero-order chi connectivity index (χ0) is 19.0. The van der Waals surface area contributed by atoms with Gasteiger partial charge in [-0.3, -0.25) is 9.20 Å². The Labute approximate surface area is 157 Å². The van der Waals surface area contributed by atoms with Gasteiger partial charge in [0.15, 0.2) is 5.69 Å². The number of hydrogen-bond donors (Lipinski definition) is 0. The molecule has 4 rings (SSSR count). The Hall–Kier alpha value is -2.71. The zero-order valence-corrected chi connectivity index (χ0v) is 15.6. The van der Waals surface area contributed by atoms with Crippen molar-refractivity contribution in [2.75, 3.05) is 24.4 Å². The summed E-state index contributed by atoms with van der Waals surface area (Å²) in [6, 6.07) is 14.3. The maximum absolute atomic E-state index is 13.5. The number of nitrogens with zero attached hydrogens (tertiary/aromatic N) is 3. The predicted octanol–water partition coefficient (Wildman–Crippen LogP) is 2.17. The summed E-state index contributed by atoms with van der Waals surface area (Å²) >= 11 is 0. The average Bonchev–Trinajstić information content (AvgIpc) is 3.30. The van der Waals surface area contributed by atoms with E-state index in [9.17, 15) is 13.2 Å². The number of pyridine rings is 1. The van der Waals surface area contributed by atoms with E-state index in [4.69, 9.17) is 4.74 Å². The first kappa shape index (κ1) is 17.7. The molecule has 0 saturated carbocycles. The minimum Gasteiger partial charge on any atom is -0.379 e. The third-order valence-electron chi connectivity index (χ3n) is 4.57. The number of benzene rings is 1. The minimum absolute atomic E-state index is 0.117. The van der Waals surface area contributed by atoms with E-state index in [-0.39, 0.29) is 22.8 Å². The van der Waals surface area contributed by atoms with Gasteiger partial charge in [0.25, 0.3) is 5.91 Å². The number of carbonyl (C=O) groups excluding carboxylic acids is 1. The van der Waals surface area contributed by atoms with Gasteiger partial charge < -0.3 is 9.64 Å². The van der Waals surface area contributed by atoms with Gasteiger partial charge in [-0.05, 0) is 30.7 Å². The largest absolute Gasteiger partial charge is 0.379 e. The molecule has 8 heteroatoms. The summed E-state index contributed by atoms with van der Waals surface area (Å²) in [5.41, 5.74) is 1.31. The lowest BCUT2D eigenvalue weighted by molar-refractivity contribution is 0.0968. The van der Waals surface area contributed by atoms with Crippen molar-refractivity contribution in [3.8, 4) is 0 Å². The molecule has 7 nitrogen and oxygen atoms in total. The number of sulfone groups is 1. The Bertz CT molecular complexity index is 1090. The van der Waals surface area contributed by atoms with Crippen molar-refractivity contribution >= 4 is 26.9 Å². The van der Waals surface area contributed by atoms with Crippen LogP contribution in [0.15, 0.2) is 59.9 Å². The van der Waals surface area contributed by atoms with Crippen LogP contribution in [0.2, 0.25) is 0 Å². The Morgan fingerprint density at radius 3 is 2.59 bits per heavy atom. The molecule has 1 amide bonds. The molecule has 0 bridgehead atoms. The molecule has 3 aromatic rings. The van der Waals surface area contributed by atoms with Crippen LogP contribution in [-0.4, -0.2) is 49.2 Å². The van der Waals surface area contributed by atoms with Crippen molar-refractivity contribution in [1.82, 2.24) is 9.38 Å². The van der Waals surface area contributed by atoms with Gasteiger partial charge in [-0.25, -0.2) is 13.4 Å². The number of para-hydroxylation sites is 1. The van der Waals surface area contributed by atoms with Gasteiger partial charge in [-0.15, -0.1) is 0 Å².